The minimum Gasteiger partial charge on any atom is -0.490 e. The normalized spacial score (nSPS) is 13.0. The van der Waals surface area contributed by atoms with E-state index < -0.39 is 6.17 Å². The van der Waals surface area contributed by atoms with Crippen molar-refractivity contribution < 1.29 is 9.13 Å². The number of alkyl halides is 1. The standard InChI is InChI=1S/C33H53FN2O/c1-4-6-8-9-10-11-12-13-15-17-29-19-21-30(22-20-29)33-35-26-32(27-36-33)37-25-24-31(34)23-18-28(3)16-14-7-5-2/h19-22,26-28,31H,4-18,23-25H2,1-3H3. The SMILES string of the molecule is CCCCCCCCCCCc1ccc(-c2ncc(OCCC(F)CCC(C)CCCCC)cn2)cc1. The van der Waals surface area contributed by atoms with E-state index in [0.29, 0.717) is 36.9 Å². The van der Waals surface area contributed by atoms with E-state index in [9.17, 15) is 4.39 Å². The van der Waals surface area contributed by atoms with Gasteiger partial charge in [0.15, 0.2) is 11.6 Å². The molecular formula is C33H53FN2O. The monoisotopic (exact) mass is 512 g/mol. The summed E-state index contributed by atoms with van der Waals surface area (Å²) in [6.45, 7) is 7.09. The van der Waals surface area contributed by atoms with Gasteiger partial charge in [-0.3, -0.25) is 0 Å². The van der Waals surface area contributed by atoms with Crippen molar-refractivity contribution in [1.29, 1.82) is 0 Å². The molecule has 208 valence electrons. The van der Waals surface area contributed by atoms with Crippen molar-refractivity contribution >= 4 is 0 Å². The number of unbranched alkanes of at least 4 members (excludes halogenated alkanes) is 10. The maximum atomic E-state index is 14.2. The highest BCUT2D eigenvalue weighted by atomic mass is 19.1. The van der Waals surface area contributed by atoms with E-state index in [2.05, 4.69) is 55.0 Å². The number of nitrogens with zero attached hydrogens (tertiary/aromatic N) is 2. The highest BCUT2D eigenvalue weighted by Crippen LogP contribution is 2.21. The lowest BCUT2D eigenvalue weighted by atomic mass is 9.96. The van der Waals surface area contributed by atoms with E-state index in [4.69, 9.17) is 4.74 Å². The Labute approximate surface area is 227 Å². The Morgan fingerprint density at radius 3 is 1.95 bits per heavy atom. The van der Waals surface area contributed by atoms with E-state index in [0.717, 1.165) is 18.4 Å². The summed E-state index contributed by atoms with van der Waals surface area (Å²) in [6, 6.07) is 8.60. The third kappa shape index (κ3) is 14.5. The first-order valence-corrected chi connectivity index (χ1v) is 15.3. The molecule has 0 fully saturated rings. The fourth-order valence-corrected chi connectivity index (χ4v) is 4.80. The quantitative estimate of drug-likeness (QED) is 0.147. The van der Waals surface area contributed by atoms with Crippen LogP contribution in [0, 0.1) is 5.92 Å². The number of benzene rings is 1. The van der Waals surface area contributed by atoms with Gasteiger partial charge in [-0.15, -0.1) is 0 Å². The Hall–Kier alpha value is -1.97. The summed E-state index contributed by atoms with van der Waals surface area (Å²) in [5.74, 6) is 1.91. The molecule has 0 aliphatic rings. The fraction of sp³-hybridized carbons (Fsp3) is 0.697. The zero-order valence-corrected chi connectivity index (χ0v) is 24.0. The second-order valence-corrected chi connectivity index (χ2v) is 10.9. The van der Waals surface area contributed by atoms with Crippen molar-refractivity contribution in [3.05, 3.63) is 42.2 Å². The lowest BCUT2D eigenvalue weighted by Crippen LogP contribution is -2.09. The van der Waals surface area contributed by atoms with E-state index >= 15 is 0 Å². The molecule has 0 saturated carbocycles. The number of hydrogen-bond donors (Lipinski definition) is 0. The zero-order valence-electron chi connectivity index (χ0n) is 24.0. The number of aromatic nitrogens is 2. The van der Waals surface area contributed by atoms with Crippen LogP contribution in [0.25, 0.3) is 11.4 Å². The van der Waals surface area contributed by atoms with Crippen LogP contribution in [0.15, 0.2) is 36.7 Å². The molecule has 0 N–H and O–H groups in total. The van der Waals surface area contributed by atoms with E-state index in [1.54, 1.807) is 12.4 Å². The van der Waals surface area contributed by atoms with Crippen molar-refractivity contribution in [3.63, 3.8) is 0 Å². The third-order valence-corrected chi connectivity index (χ3v) is 7.38. The van der Waals surface area contributed by atoms with Crippen LogP contribution in [-0.4, -0.2) is 22.7 Å². The molecule has 0 amide bonds. The second kappa shape index (κ2) is 20.1. The lowest BCUT2D eigenvalue weighted by Gasteiger charge is -2.14. The maximum absolute atomic E-state index is 14.2. The summed E-state index contributed by atoms with van der Waals surface area (Å²) in [7, 11) is 0. The third-order valence-electron chi connectivity index (χ3n) is 7.38. The number of hydrogen-bond acceptors (Lipinski definition) is 3. The second-order valence-electron chi connectivity index (χ2n) is 10.9. The smallest absolute Gasteiger partial charge is 0.159 e. The molecule has 3 nitrogen and oxygen atoms in total. The van der Waals surface area contributed by atoms with Gasteiger partial charge in [-0.05, 0) is 37.2 Å². The topological polar surface area (TPSA) is 35.0 Å². The predicted molar refractivity (Wildman–Crippen MR) is 156 cm³/mol. The number of ether oxygens (including phenoxy) is 1. The van der Waals surface area contributed by atoms with Gasteiger partial charge in [0.1, 0.15) is 6.17 Å². The largest absolute Gasteiger partial charge is 0.490 e. The summed E-state index contributed by atoms with van der Waals surface area (Å²) in [4.78, 5) is 8.93. The molecule has 2 unspecified atom stereocenters. The van der Waals surface area contributed by atoms with Crippen molar-refractivity contribution in [2.75, 3.05) is 6.61 Å². The molecule has 37 heavy (non-hydrogen) atoms. The molecule has 2 aromatic rings. The molecule has 0 bridgehead atoms. The molecule has 0 aliphatic heterocycles. The van der Waals surface area contributed by atoms with E-state index in [1.165, 1.54) is 89.0 Å². The number of halogens is 1. The molecule has 4 heteroatoms. The maximum Gasteiger partial charge on any atom is 0.159 e. The van der Waals surface area contributed by atoms with Crippen LogP contribution in [-0.2, 0) is 6.42 Å². The minimum absolute atomic E-state index is 0.363. The van der Waals surface area contributed by atoms with Gasteiger partial charge in [-0.1, -0.05) is 122 Å². The molecule has 1 heterocycles. The van der Waals surface area contributed by atoms with Gasteiger partial charge in [-0.25, -0.2) is 14.4 Å². The molecule has 0 spiro atoms. The first kappa shape index (κ1) is 31.2. The molecule has 0 radical (unpaired) electrons. The average Bonchev–Trinajstić information content (AvgIpc) is 2.92. The summed E-state index contributed by atoms with van der Waals surface area (Å²) in [6.07, 6.45) is 23.0. The minimum atomic E-state index is -0.803. The highest BCUT2D eigenvalue weighted by Gasteiger charge is 2.11. The van der Waals surface area contributed by atoms with Crippen molar-refractivity contribution in [1.82, 2.24) is 9.97 Å². The molecule has 2 atom stereocenters. The van der Waals surface area contributed by atoms with Crippen LogP contribution < -0.4 is 4.74 Å². The first-order valence-electron chi connectivity index (χ1n) is 15.3. The van der Waals surface area contributed by atoms with Gasteiger partial charge in [0, 0.05) is 12.0 Å². The Balaban J connectivity index is 1.60. The first-order chi connectivity index (χ1) is 18.1. The summed E-state index contributed by atoms with van der Waals surface area (Å²) < 4.78 is 20.0. The van der Waals surface area contributed by atoms with Crippen molar-refractivity contribution in [2.24, 2.45) is 5.92 Å². The average molecular weight is 513 g/mol. The Morgan fingerprint density at radius 1 is 0.703 bits per heavy atom. The Bertz CT molecular complexity index is 793. The Morgan fingerprint density at radius 2 is 1.30 bits per heavy atom. The molecule has 1 aromatic heterocycles. The van der Waals surface area contributed by atoms with Crippen molar-refractivity contribution in [3.8, 4) is 17.1 Å². The molecular weight excluding hydrogens is 459 g/mol. The van der Waals surface area contributed by atoms with Crippen LogP contribution in [0.5, 0.6) is 5.75 Å². The van der Waals surface area contributed by atoms with Crippen LogP contribution in [0.2, 0.25) is 0 Å². The van der Waals surface area contributed by atoms with Gasteiger partial charge >= 0.3 is 0 Å². The van der Waals surface area contributed by atoms with Gasteiger partial charge in [0.25, 0.3) is 0 Å². The summed E-state index contributed by atoms with van der Waals surface area (Å²) in [5.41, 5.74) is 2.39. The number of aryl methyl sites for hydroxylation is 1. The van der Waals surface area contributed by atoms with Crippen LogP contribution in [0.1, 0.15) is 129 Å². The van der Waals surface area contributed by atoms with Crippen LogP contribution in [0.3, 0.4) is 0 Å². The van der Waals surface area contributed by atoms with E-state index in [1.807, 2.05) is 0 Å². The summed E-state index contributed by atoms with van der Waals surface area (Å²) >= 11 is 0. The zero-order chi connectivity index (χ0) is 26.6. The van der Waals surface area contributed by atoms with Gasteiger partial charge in [0.05, 0.1) is 19.0 Å². The van der Waals surface area contributed by atoms with Gasteiger partial charge in [0.2, 0.25) is 0 Å². The fourth-order valence-electron chi connectivity index (χ4n) is 4.80. The molecule has 0 saturated heterocycles. The van der Waals surface area contributed by atoms with Gasteiger partial charge in [-0.2, -0.15) is 0 Å². The van der Waals surface area contributed by atoms with E-state index in [-0.39, 0.29) is 0 Å². The Kier molecular flexibility index (Phi) is 16.9. The van der Waals surface area contributed by atoms with Crippen LogP contribution >= 0.6 is 0 Å². The lowest BCUT2D eigenvalue weighted by molar-refractivity contribution is 0.215. The molecule has 1 aromatic carbocycles. The molecule has 0 aliphatic carbocycles. The summed E-state index contributed by atoms with van der Waals surface area (Å²) in [5, 5.41) is 0. The highest BCUT2D eigenvalue weighted by molar-refractivity contribution is 5.55. The van der Waals surface area contributed by atoms with Crippen molar-refractivity contribution in [2.45, 2.75) is 136 Å². The molecule has 2 rings (SSSR count). The number of rotatable bonds is 22. The van der Waals surface area contributed by atoms with Crippen LogP contribution in [0.4, 0.5) is 4.39 Å². The van der Waals surface area contributed by atoms with Gasteiger partial charge < -0.3 is 4.74 Å². The predicted octanol–water partition coefficient (Wildman–Crippen LogP) is 10.3.